The number of carboxylic acid groups (broad SMARTS) is 1. The molecule has 1 unspecified atom stereocenters. The van der Waals surface area contributed by atoms with E-state index in [9.17, 15) is 29.1 Å². The fourth-order valence-corrected chi connectivity index (χ4v) is 7.37. The quantitative estimate of drug-likeness (QED) is 0.167. The van der Waals surface area contributed by atoms with Gasteiger partial charge in [-0.2, -0.15) is 0 Å². The summed E-state index contributed by atoms with van der Waals surface area (Å²) in [4.78, 5) is 67.6. The maximum absolute atomic E-state index is 13.1. The van der Waals surface area contributed by atoms with E-state index < -0.39 is 40.9 Å². The molecule has 14 nitrogen and oxygen atoms in total. The average Bonchev–Trinajstić information content (AvgIpc) is 3.56. The number of aromatic nitrogens is 5. The third-order valence-corrected chi connectivity index (χ3v) is 9.53. The number of hydrogen-bond acceptors (Lipinski definition) is 9. The fourth-order valence-electron chi connectivity index (χ4n) is 4.99. The van der Waals surface area contributed by atoms with Crippen LogP contribution in [-0.2, 0) is 27.9 Å². The second-order valence-corrected chi connectivity index (χ2v) is 11.8. The summed E-state index contributed by atoms with van der Waals surface area (Å²) < 4.78 is 2.55. The Hall–Kier alpha value is -4.83. The highest BCUT2D eigenvalue weighted by Crippen LogP contribution is 2.41. The molecule has 220 valence electrons. The molecule has 4 aromatic rings. The zero-order valence-corrected chi connectivity index (χ0v) is 24.1. The molecule has 2 aromatic heterocycles. The van der Waals surface area contributed by atoms with Crippen molar-refractivity contribution in [2.45, 2.75) is 22.9 Å². The Morgan fingerprint density at radius 1 is 1.14 bits per heavy atom. The van der Waals surface area contributed by atoms with Crippen LogP contribution in [0.25, 0.3) is 11.0 Å². The van der Waals surface area contributed by atoms with Crippen molar-refractivity contribution in [1.29, 1.82) is 0 Å². The van der Waals surface area contributed by atoms with Gasteiger partial charge in [0.05, 0.1) is 23.7 Å². The summed E-state index contributed by atoms with van der Waals surface area (Å²) in [6.45, 7) is 0. The van der Waals surface area contributed by atoms with E-state index in [1.165, 1.54) is 28.4 Å². The lowest BCUT2D eigenvalue weighted by Gasteiger charge is -2.49. The van der Waals surface area contributed by atoms with Gasteiger partial charge in [0.25, 0.3) is 5.91 Å². The molecule has 2 aliphatic rings. The molecule has 1 saturated heterocycles. The van der Waals surface area contributed by atoms with E-state index in [0.29, 0.717) is 39.4 Å². The smallest absolute Gasteiger partial charge is 0.352 e. The van der Waals surface area contributed by atoms with Crippen LogP contribution in [0, 0.1) is 0 Å². The van der Waals surface area contributed by atoms with Crippen molar-refractivity contribution in [3.8, 4) is 0 Å². The Morgan fingerprint density at radius 3 is 2.67 bits per heavy atom. The average molecular weight is 621 g/mol. The van der Waals surface area contributed by atoms with E-state index in [-0.39, 0.29) is 12.1 Å². The first-order chi connectivity index (χ1) is 20.7. The Balaban J connectivity index is 1.13. The number of carboxylic acids is 1. The van der Waals surface area contributed by atoms with E-state index in [1.54, 1.807) is 66.5 Å². The molecular weight excluding hydrogens is 596 g/mol. The van der Waals surface area contributed by atoms with Crippen LogP contribution in [0.2, 0.25) is 0 Å². The molecule has 0 saturated carbocycles. The second-order valence-electron chi connectivity index (χ2n) is 9.74. The number of aryl methyl sites for hydroxylation is 1. The Morgan fingerprint density at radius 2 is 1.91 bits per heavy atom. The predicted octanol–water partition coefficient (Wildman–Crippen LogP) is 1.61. The van der Waals surface area contributed by atoms with Gasteiger partial charge in [0.15, 0.2) is 0 Å². The summed E-state index contributed by atoms with van der Waals surface area (Å²) in [5.74, 6) is -1.47. The maximum atomic E-state index is 13.1. The largest absolute Gasteiger partial charge is 0.477 e. The molecule has 1 fully saturated rings. The van der Waals surface area contributed by atoms with Crippen LogP contribution >= 0.6 is 23.5 Å². The van der Waals surface area contributed by atoms with Gasteiger partial charge in [-0.3, -0.25) is 14.5 Å². The number of carbonyl (C=O) groups is 4. The van der Waals surface area contributed by atoms with Crippen LogP contribution < -0.4 is 16.3 Å². The molecule has 6 rings (SSSR count). The number of imidazole rings is 1. The van der Waals surface area contributed by atoms with Crippen LogP contribution in [0.15, 0.2) is 75.8 Å². The summed E-state index contributed by atoms with van der Waals surface area (Å²) in [5.41, 5.74) is 1.64. The summed E-state index contributed by atoms with van der Waals surface area (Å²) >= 11 is 2.75. The molecule has 0 spiro atoms. The van der Waals surface area contributed by atoms with E-state index in [4.69, 9.17) is 0 Å². The topological polar surface area (TPSA) is 184 Å². The normalized spacial score (nSPS) is 17.9. The number of nitrogens with one attached hydrogen (secondary N) is 3. The highest BCUT2D eigenvalue weighted by Gasteiger charge is 2.54. The minimum atomic E-state index is -1.21. The lowest BCUT2D eigenvalue weighted by atomic mass is 10.0. The molecule has 0 radical (unpaired) electrons. The summed E-state index contributed by atoms with van der Waals surface area (Å²) in [6.07, 6.45) is 1.42. The zero-order chi connectivity index (χ0) is 30.2. The Labute approximate surface area is 251 Å². The third-order valence-electron chi connectivity index (χ3n) is 7.04. The molecule has 3 amide bonds. The number of hydrogen-bond donors (Lipinski definition) is 4. The lowest BCUT2D eigenvalue weighted by molar-refractivity contribution is -0.150. The van der Waals surface area contributed by atoms with Crippen LogP contribution in [0.1, 0.15) is 5.56 Å². The number of thioether (sulfide) groups is 2. The van der Waals surface area contributed by atoms with Gasteiger partial charge in [0.1, 0.15) is 22.1 Å². The van der Waals surface area contributed by atoms with E-state index in [0.717, 1.165) is 9.59 Å². The highest BCUT2D eigenvalue weighted by atomic mass is 32.2. The minimum Gasteiger partial charge on any atom is -0.477 e. The van der Waals surface area contributed by atoms with Crippen molar-refractivity contribution in [2.24, 2.45) is 7.05 Å². The van der Waals surface area contributed by atoms with Crippen LogP contribution in [0.5, 0.6) is 0 Å². The van der Waals surface area contributed by atoms with Gasteiger partial charge in [-0.1, -0.05) is 35.5 Å². The van der Waals surface area contributed by atoms with Gasteiger partial charge in [-0.25, -0.2) is 23.6 Å². The summed E-state index contributed by atoms with van der Waals surface area (Å²) in [6, 6.07) is 11.8. The zero-order valence-electron chi connectivity index (χ0n) is 22.5. The monoisotopic (exact) mass is 620 g/mol. The van der Waals surface area contributed by atoms with Crippen LogP contribution in [-0.4, -0.2) is 81.3 Å². The number of amides is 3. The molecule has 0 aliphatic carbocycles. The van der Waals surface area contributed by atoms with Crippen molar-refractivity contribution in [1.82, 2.24) is 34.8 Å². The van der Waals surface area contributed by atoms with Crippen LogP contribution in [0.3, 0.4) is 0 Å². The fraction of sp³-hybridized carbons (Fsp3) is 0.222. The number of rotatable bonds is 8. The molecule has 43 heavy (non-hydrogen) atoms. The molecule has 2 aliphatic heterocycles. The molecule has 2 atom stereocenters. The third kappa shape index (κ3) is 5.30. The number of anilines is 1. The number of benzene rings is 2. The van der Waals surface area contributed by atoms with Gasteiger partial charge >= 0.3 is 17.7 Å². The second kappa shape index (κ2) is 11.4. The number of aliphatic carboxylic acids is 1. The molecule has 2 aromatic carbocycles. The van der Waals surface area contributed by atoms with Gasteiger partial charge < -0.3 is 20.7 Å². The van der Waals surface area contributed by atoms with Crippen LogP contribution in [0.4, 0.5) is 10.5 Å². The van der Waals surface area contributed by atoms with Crippen molar-refractivity contribution in [3.63, 3.8) is 0 Å². The van der Waals surface area contributed by atoms with E-state index in [2.05, 4.69) is 25.9 Å². The first-order valence-electron chi connectivity index (χ1n) is 13.0. The SMILES string of the molecule is Cn1nncc1SCC1=C(C(=O)O)N2C(=O)C(NC(=O)Cc3ccccc3NC(=O)n3c(=O)[nH]c4ccccc43)[C@H]2SC1. The number of aromatic amines is 1. The molecule has 4 N–H and O–H groups in total. The van der Waals surface area contributed by atoms with Gasteiger partial charge in [0, 0.05) is 24.2 Å². The maximum Gasteiger partial charge on any atom is 0.352 e. The highest BCUT2D eigenvalue weighted by molar-refractivity contribution is 8.01. The molecule has 4 heterocycles. The number of H-pyrrole nitrogens is 1. The minimum absolute atomic E-state index is 0.0672. The van der Waals surface area contributed by atoms with Crippen molar-refractivity contribution in [2.75, 3.05) is 16.8 Å². The summed E-state index contributed by atoms with van der Waals surface area (Å²) in [7, 11) is 1.73. The number of fused-ring (bicyclic) bond motifs is 2. The van der Waals surface area contributed by atoms with E-state index >= 15 is 0 Å². The number of nitrogens with zero attached hydrogens (tertiary/aromatic N) is 5. The standard InChI is InChI=1S/C27H24N8O6S2/c1-33-20(11-28-32-33)42-12-15-13-43-24-21(23(37)35(24)22(15)25(38)39)31-19(36)10-14-6-2-3-7-16(14)29-26(40)34-18-9-5-4-8-17(18)30-27(34)41/h2-9,11,21,24H,10,12-13H2,1H3,(H,29,40)(H,30,41)(H,31,36)(H,38,39)/t21?,24-/m1/s1. The Kier molecular flexibility index (Phi) is 7.53. The first kappa shape index (κ1) is 28.3. The van der Waals surface area contributed by atoms with Crippen molar-refractivity contribution < 1.29 is 24.3 Å². The first-order valence-corrected chi connectivity index (χ1v) is 15.0. The lowest BCUT2D eigenvalue weighted by Crippen LogP contribution is -2.70. The van der Waals surface area contributed by atoms with Gasteiger partial charge in [-0.05, 0) is 29.3 Å². The Bertz CT molecular complexity index is 1880. The number of carbonyl (C=O) groups excluding carboxylic acids is 3. The molecule has 0 bridgehead atoms. The van der Waals surface area contributed by atoms with Crippen molar-refractivity contribution in [3.05, 3.63) is 82.0 Å². The number of para-hydroxylation sites is 3. The van der Waals surface area contributed by atoms with Gasteiger partial charge in [-0.15, -0.1) is 28.6 Å². The van der Waals surface area contributed by atoms with Crippen molar-refractivity contribution >= 4 is 64.1 Å². The summed E-state index contributed by atoms with van der Waals surface area (Å²) in [5, 5.41) is 23.2. The van der Waals surface area contributed by atoms with Gasteiger partial charge in [0.2, 0.25) is 5.91 Å². The molecular formula is C27H24N8O6S2. The predicted molar refractivity (Wildman–Crippen MR) is 159 cm³/mol. The molecule has 16 heteroatoms. The van der Waals surface area contributed by atoms with E-state index in [1.807, 2.05) is 0 Å². The number of β-lactam (4-membered cyclic amide) rings is 1.